The summed E-state index contributed by atoms with van der Waals surface area (Å²) in [7, 11) is 0. The van der Waals surface area contributed by atoms with Crippen LogP contribution in [0.25, 0.3) is 0 Å². The van der Waals surface area contributed by atoms with Crippen LogP contribution < -0.4 is 5.73 Å². The topological polar surface area (TPSA) is 81.1 Å². The lowest BCUT2D eigenvalue weighted by molar-refractivity contribution is -0.145. The highest BCUT2D eigenvalue weighted by Crippen LogP contribution is 2.39. The summed E-state index contributed by atoms with van der Waals surface area (Å²) in [6, 6.07) is 0.139. The highest BCUT2D eigenvalue weighted by molar-refractivity contribution is 5.80. The lowest BCUT2D eigenvalue weighted by Gasteiger charge is -2.36. The maximum atomic E-state index is 11.7. The molecule has 94 valence electrons. The Morgan fingerprint density at radius 3 is 2.82 bits per heavy atom. The highest BCUT2D eigenvalue weighted by Gasteiger charge is 2.44. The third kappa shape index (κ3) is 1.95. The van der Waals surface area contributed by atoms with E-state index in [1.165, 1.54) is 0 Å². The molecule has 0 radical (unpaired) electrons. The molecule has 0 unspecified atom stereocenters. The van der Waals surface area contributed by atoms with Crippen molar-refractivity contribution in [2.75, 3.05) is 0 Å². The Labute approximate surface area is 101 Å². The minimum atomic E-state index is -0.789. The molecule has 5 heteroatoms. The van der Waals surface area contributed by atoms with E-state index in [0.717, 1.165) is 25.1 Å². The minimum absolute atomic E-state index is 0.139. The first-order valence-corrected chi connectivity index (χ1v) is 6.09. The van der Waals surface area contributed by atoms with Gasteiger partial charge in [0.1, 0.15) is 5.41 Å². The molecule has 0 bridgehead atoms. The van der Waals surface area contributed by atoms with Gasteiger partial charge in [0.05, 0.1) is 12.0 Å². The van der Waals surface area contributed by atoms with Gasteiger partial charge in [-0.15, -0.1) is 0 Å². The molecule has 5 nitrogen and oxygen atoms in total. The second kappa shape index (κ2) is 4.49. The van der Waals surface area contributed by atoms with Gasteiger partial charge in [0, 0.05) is 18.8 Å². The zero-order valence-electron chi connectivity index (χ0n) is 10.1. The first-order chi connectivity index (χ1) is 8.10. The summed E-state index contributed by atoms with van der Waals surface area (Å²) >= 11 is 0. The summed E-state index contributed by atoms with van der Waals surface area (Å²) in [5, 5.41) is 9.58. The van der Waals surface area contributed by atoms with E-state index in [2.05, 4.69) is 4.98 Å². The molecule has 0 aromatic carbocycles. The molecule has 1 aliphatic carbocycles. The number of carbonyl (C=O) groups is 1. The van der Waals surface area contributed by atoms with Crippen LogP contribution in [0.3, 0.4) is 0 Å². The molecular formula is C12H19N3O2. The van der Waals surface area contributed by atoms with Gasteiger partial charge < -0.3 is 15.4 Å². The molecule has 1 heterocycles. The first-order valence-electron chi connectivity index (χ1n) is 6.09. The zero-order chi connectivity index (χ0) is 12.5. The SMILES string of the molecule is CCn1cncc1C1(C(=O)O)CCC(N)CC1. The number of hydrogen-bond donors (Lipinski definition) is 2. The smallest absolute Gasteiger partial charge is 0.315 e. The van der Waals surface area contributed by atoms with Gasteiger partial charge >= 0.3 is 5.97 Å². The number of carboxylic acid groups (broad SMARTS) is 1. The van der Waals surface area contributed by atoms with Crippen LogP contribution in [-0.4, -0.2) is 26.7 Å². The lowest BCUT2D eigenvalue weighted by Crippen LogP contribution is -2.44. The summed E-state index contributed by atoms with van der Waals surface area (Å²) in [5.74, 6) is -0.750. The monoisotopic (exact) mass is 237 g/mol. The van der Waals surface area contributed by atoms with Gasteiger partial charge in [-0.25, -0.2) is 4.98 Å². The second-order valence-corrected chi connectivity index (χ2v) is 4.79. The molecule has 1 fully saturated rings. The maximum Gasteiger partial charge on any atom is 0.315 e. The molecule has 0 saturated heterocycles. The summed E-state index contributed by atoms with van der Waals surface area (Å²) in [5.41, 5.74) is 5.89. The molecule has 1 aliphatic rings. The average molecular weight is 237 g/mol. The standard InChI is InChI=1S/C12H19N3O2/c1-2-15-8-14-7-10(15)12(11(16)17)5-3-9(13)4-6-12/h7-9H,2-6,13H2,1H3,(H,16,17). The van der Waals surface area contributed by atoms with Gasteiger partial charge in [-0.2, -0.15) is 0 Å². The number of rotatable bonds is 3. The Kier molecular flexibility index (Phi) is 3.19. The predicted octanol–water partition coefficient (Wildman–Crippen LogP) is 1.13. The molecule has 17 heavy (non-hydrogen) atoms. The van der Waals surface area contributed by atoms with Gasteiger partial charge in [-0.3, -0.25) is 4.79 Å². The van der Waals surface area contributed by atoms with E-state index in [9.17, 15) is 9.90 Å². The molecular weight excluding hydrogens is 218 g/mol. The normalized spacial score (nSPS) is 29.2. The third-order valence-corrected chi connectivity index (χ3v) is 3.84. The fourth-order valence-corrected chi connectivity index (χ4v) is 2.68. The zero-order valence-corrected chi connectivity index (χ0v) is 10.1. The quantitative estimate of drug-likeness (QED) is 0.825. The number of nitrogens with zero attached hydrogens (tertiary/aromatic N) is 2. The maximum absolute atomic E-state index is 11.7. The summed E-state index contributed by atoms with van der Waals surface area (Å²) in [4.78, 5) is 15.8. The Hall–Kier alpha value is -1.36. The Balaban J connectivity index is 2.38. The molecule has 0 spiro atoms. The number of aliphatic carboxylic acids is 1. The van der Waals surface area contributed by atoms with Crippen molar-refractivity contribution in [3.8, 4) is 0 Å². The van der Waals surface area contributed by atoms with Crippen LogP contribution in [0.4, 0.5) is 0 Å². The Morgan fingerprint density at radius 1 is 1.65 bits per heavy atom. The molecule has 0 amide bonds. The minimum Gasteiger partial charge on any atom is -0.481 e. The van der Waals surface area contributed by atoms with Gasteiger partial charge in [0.2, 0.25) is 0 Å². The van der Waals surface area contributed by atoms with Crippen LogP contribution in [0.1, 0.15) is 38.3 Å². The van der Waals surface area contributed by atoms with Gasteiger partial charge in [0.25, 0.3) is 0 Å². The predicted molar refractivity (Wildman–Crippen MR) is 63.7 cm³/mol. The highest BCUT2D eigenvalue weighted by atomic mass is 16.4. The van der Waals surface area contributed by atoms with Crippen molar-refractivity contribution in [3.63, 3.8) is 0 Å². The number of nitrogens with two attached hydrogens (primary N) is 1. The molecule has 1 aromatic heterocycles. The summed E-state index contributed by atoms with van der Waals surface area (Å²) in [6.45, 7) is 2.74. The molecule has 1 aromatic rings. The third-order valence-electron chi connectivity index (χ3n) is 3.84. The first kappa shape index (κ1) is 12.1. The molecule has 1 saturated carbocycles. The fraction of sp³-hybridized carbons (Fsp3) is 0.667. The van der Waals surface area contributed by atoms with Crippen LogP contribution in [0.15, 0.2) is 12.5 Å². The number of hydrogen-bond acceptors (Lipinski definition) is 3. The fourth-order valence-electron chi connectivity index (χ4n) is 2.68. The van der Waals surface area contributed by atoms with E-state index in [0.29, 0.717) is 12.8 Å². The van der Waals surface area contributed by atoms with E-state index < -0.39 is 11.4 Å². The largest absolute Gasteiger partial charge is 0.481 e. The molecule has 3 N–H and O–H groups in total. The Morgan fingerprint density at radius 2 is 2.29 bits per heavy atom. The van der Waals surface area contributed by atoms with Crippen LogP contribution in [-0.2, 0) is 16.8 Å². The number of aromatic nitrogens is 2. The number of carboxylic acids is 1. The van der Waals surface area contributed by atoms with E-state index >= 15 is 0 Å². The van der Waals surface area contributed by atoms with Crippen LogP contribution in [0.5, 0.6) is 0 Å². The van der Waals surface area contributed by atoms with Crippen molar-refractivity contribution in [1.29, 1.82) is 0 Å². The molecule has 0 aliphatic heterocycles. The average Bonchev–Trinajstić information content (AvgIpc) is 2.78. The molecule has 0 atom stereocenters. The second-order valence-electron chi connectivity index (χ2n) is 4.79. The van der Waals surface area contributed by atoms with Crippen molar-refractivity contribution in [1.82, 2.24) is 9.55 Å². The van der Waals surface area contributed by atoms with E-state index in [1.807, 2.05) is 11.5 Å². The van der Waals surface area contributed by atoms with Crippen molar-refractivity contribution in [2.24, 2.45) is 5.73 Å². The number of imidazole rings is 1. The van der Waals surface area contributed by atoms with Crippen molar-refractivity contribution in [3.05, 3.63) is 18.2 Å². The van der Waals surface area contributed by atoms with Crippen molar-refractivity contribution < 1.29 is 9.90 Å². The van der Waals surface area contributed by atoms with Crippen LogP contribution in [0.2, 0.25) is 0 Å². The molecule has 2 rings (SSSR count). The Bertz CT molecular complexity index is 406. The summed E-state index contributed by atoms with van der Waals surface area (Å²) in [6.07, 6.45) is 6.13. The number of aryl methyl sites for hydroxylation is 1. The van der Waals surface area contributed by atoms with Gasteiger partial charge in [-0.05, 0) is 32.6 Å². The van der Waals surface area contributed by atoms with E-state index in [1.54, 1.807) is 12.5 Å². The van der Waals surface area contributed by atoms with Crippen LogP contribution in [0, 0.1) is 0 Å². The van der Waals surface area contributed by atoms with E-state index in [-0.39, 0.29) is 6.04 Å². The van der Waals surface area contributed by atoms with Gasteiger partial charge in [-0.1, -0.05) is 0 Å². The lowest BCUT2D eigenvalue weighted by atomic mass is 9.70. The van der Waals surface area contributed by atoms with Gasteiger partial charge in [0.15, 0.2) is 0 Å². The van der Waals surface area contributed by atoms with Crippen LogP contribution >= 0.6 is 0 Å². The summed E-state index contributed by atoms with van der Waals surface area (Å²) < 4.78 is 1.92. The van der Waals surface area contributed by atoms with Crippen molar-refractivity contribution >= 4 is 5.97 Å². The van der Waals surface area contributed by atoms with E-state index in [4.69, 9.17) is 5.73 Å². The van der Waals surface area contributed by atoms with Crippen molar-refractivity contribution in [2.45, 2.75) is 50.6 Å².